The molecule has 0 N–H and O–H groups in total. The van der Waals surface area contributed by atoms with Crippen LogP contribution in [0.4, 0.5) is 0 Å². The van der Waals surface area contributed by atoms with Gasteiger partial charge in [-0.2, -0.15) is 8.75 Å². The maximum atomic E-state index is 11.3. The van der Waals surface area contributed by atoms with Crippen LogP contribution < -0.4 is 0 Å². The predicted molar refractivity (Wildman–Crippen MR) is 86.9 cm³/mol. The lowest BCUT2D eigenvalue weighted by atomic mass is 10.2. The van der Waals surface area contributed by atoms with Crippen molar-refractivity contribution in [2.45, 2.75) is 20.0 Å². The molecule has 3 rings (SSSR count). The Morgan fingerprint density at radius 2 is 1.90 bits per heavy atom. The molecule has 0 saturated heterocycles. The molecule has 0 bridgehead atoms. The second-order valence-electron chi connectivity index (χ2n) is 5.13. The smallest absolute Gasteiger partial charge is 0.169 e. The van der Waals surface area contributed by atoms with E-state index in [2.05, 4.69) is 38.2 Å². The Morgan fingerprint density at radius 3 is 2.67 bits per heavy atom. The van der Waals surface area contributed by atoms with Gasteiger partial charge in [-0.1, -0.05) is 6.07 Å². The second kappa shape index (κ2) is 6.01. The summed E-state index contributed by atoms with van der Waals surface area (Å²) in [5, 5.41) is 2.06. The van der Waals surface area contributed by atoms with Gasteiger partial charge in [-0.15, -0.1) is 11.3 Å². The summed E-state index contributed by atoms with van der Waals surface area (Å²) in [5.74, 6) is 0.135. The van der Waals surface area contributed by atoms with E-state index < -0.39 is 0 Å². The van der Waals surface area contributed by atoms with Crippen LogP contribution in [0.5, 0.6) is 0 Å². The Bertz CT molecular complexity index is 778. The van der Waals surface area contributed by atoms with Crippen molar-refractivity contribution in [3.8, 4) is 0 Å². The van der Waals surface area contributed by atoms with Gasteiger partial charge in [-0.3, -0.25) is 9.69 Å². The average Bonchev–Trinajstić information content (AvgIpc) is 3.06. The first-order chi connectivity index (χ1) is 10.1. The van der Waals surface area contributed by atoms with Gasteiger partial charge in [0.15, 0.2) is 5.78 Å². The number of nitrogens with zero attached hydrogens (tertiary/aromatic N) is 3. The fourth-order valence-electron chi connectivity index (χ4n) is 2.25. The highest BCUT2D eigenvalue weighted by molar-refractivity contribution is 7.12. The molecule has 6 heteroatoms. The first-order valence-electron chi connectivity index (χ1n) is 6.60. The molecule has 0 amide bonds. The minimum Gasteiger partial charge on any atom is -0.298 e. The molecule has 2 heterocycles. The molecular formula is C15H15N3OS2. The fraction of sp³-hybridized carbons (Fsp3) is 0.267. The van der Waals surface area contributed by atoms with Crippen molar-refractivity contribution < 1.29 is 4.79 Å². The van der Waals surface area contributed by atoms with E-state index in [1.165, 1.54) is 34.2 Å². The van der Waals surface area contributed by atoms with Gasteiger partial charge in [-0.25, -0.2) is 0 Å². The van der Waals surface area contributed by atoms with Crippen LogP contribution in [0, 0.1) is 0 Å². The maximum Gasteiger partial charge on any atom is 0.169 e. The number of rotatable bonds is 5. The van der Waals surface area contributed by atoms with E-state index in [1.807, 2.05) is 12.1 Å². The molecule has 0 saturated carbocycles. The van der Waals surface area contributed by atoms with Gasteiger partial charge in [-0.05, 0) is 48.7 Å². The average molecular weight is 317 g/mol. The number of thiophene rings is 1. The van der Waals surface area contributed by atoms with Crippen LogP contribution in [0.3, 0.4) is 0 Å². The third-order valence-corrected chi connectivity index (χ3v) is 4.86. The lowest BCUT2D eigenvalue weighted by Gasteiger charge is -2.15. The van der Waals surface area contributed by atoms with Crippen molar-refractivity contribution in [2.75, 3.05) is 7.05 Å². The molecular weight excluding hydrogens is 302 g/mol. The molecule has 0 aliphatic rings. The van der Waals surface area contributed by atoms with Crippen LogP contribution >= 0.6 is 23.1 Å². The molecule has 0 aliphatic heterocycles. The highest BCUT2D eigenvalue weighted by Gasteiger charge is 2.08. The Balaban J connectivity index is 1.67. The largest absolute Gasteiger partial charge is 0.298 e. The SMILES string of the molecule is CC(=O)c1cc(CN(C)Cc2ccc3nsnc3c2)cs1. The summed E-state index contributed by atoms with van der Waals surface area (Å²) in [6.07, 6.45) is 0. The number of ketones is 1. The van der Waals surface area contributed by atoms with Crippen LogP contribution in [0.1, 0.15) is 27.7 Å². The van der Waals surface area contributed by atoms with Gasteiger partial charge in [0, 0.05) is 13.1 Å². The summed E-state index contributed by atoms with van der Waals surface area (Å²) < 4.78 is 8.48. The minimum absolute atomic E-state index is 0.135. The molecule has 0 fully saturated rings. The maximum absolute atomic E-state index is 11.3. The Hall–Kier alpha value is -1.63. The van der Waals surface area contributed by atoms with Gasteiger partial charge in [0.2, 0.25) is 0 Å². The molecule has 0 unspecified atom stereocenters. The first-order valence-corrected chi connectivity index (χ1v) is 8.21. The van der Waals surface area contributed by atoms with E-state index in [4.69, 9.17) is 0 Å². The number of hydrogen-bond acceptors (Lipinski definition) is 6. The number of carbonyl (C=O) groups is 1. The van der Waals surface area contributed by atoms with E-state index in [0.29, 0.717) is 0 Å². The molecule has 0 aliphatic carbocycles. The lowest BCUT2D eigenvalue weighted by molar-refractivity contribution is 0.102. The van der Waals surface area contributed by atoms with Gasteiger partial charge < -0.3 is 0 Å². The topological polar surface area (TPSA) is 46.1 Å². The van der Waals surface area contributed by atoms with E-state index in [1.54, 1.807) is 6.92 Å². The van der Waals surface area contributed by atoms with Crippen LogP contribution in [-0.4, -0.2) is 26.5 Å². The molecule has 2 aromatic heterocycles. The van der Waals surface area contributed by atoms with Crippen LogP contribution in [0.15, 0.2) is 29.6 Å². The lowest BCUT2D eigenvalue weighted by Crippen LogP contribution is -2.16. The van der Waals surface area contributed by atoms with Crippen molar-refractivity contribution in [3.05, 3.63) is 45.6 Å². The zero-order valence-corrected chi connectivity index (χ0v) is 13.5. The van der Waals surface area contributed by atoms with E-state index in [9.17, 15) is 4.79 Å². The monoisotopic (exact) mass is 317 g/mol. The van der Waals surface area contributed by atoms with E-state index in [-0.39, 0.29) is 5.78 Å². The highest BCUT2D eigenvalue weighted by atomic mass is 32.1. The fourth-order valence-corrected chi connectivity index (χ4v) is 3.57. The van der Waals surface area contributed by atoms with Crippen molar-refractivity contribution >= 4 is 39.9 Å². The highest BCUT2D eigenvalue weighted by Crippen LogP contribution is 2.18. The second-order valence-corrected chi connectivity index (χ2v) is 6.57. The van der Waals surface area contributed by atoms with Crippen molar-refractivity contribution in [1.82, 2.24) is 13.6 Å². The minimum atomic E-state index is 0.135. The van der Waals surface area contributed by atoms with Gasteiger partial charge >= 0.3 is 0 Å². The number of carbonyl (C=O) groups excluding carboxylic acids is 1. The van der Waals surface area contributed by atoms with Crippen molar-refractivity contribution in [3.63, 3.8) is 0 Å². The summed E-state index contributed by atoms with van der Waals surface area (Å²) in [6.45, 7) is 3.28. The molecule has 0 spiro atoms. The predicted octanol–water partition coefficient (Wildman–Crippen LogP) is 3.59. The number of Topliss-reactive ketones (excluding diaryl/α,β-unsaturated/α-hetero) is 1. The van der Waals surface area contributed by atoms with Crippen molar-refractivity contribution in [2.24, 2.45) is 0 Å². The number of hydrogen-bond donors (Lipinski definition) is 0. The molecule has 0 atom stereocenters. The standard InChI is InChI=1S/C15H15N3OS2/c1-10(19)15-6-12(9-20-15)8-18(2)7-11-3-4-13-14(5-11)17-21-16-13/h3-6,9H,7-8H2,1-2H3. The first kappa shape index (κ1) is 14.3. The van der Waals surface area contributed by atoms with Crippen molar-refractivity contribution in [1.29, 1.82) is 0 Å². The number of fused-ring (bicyclic) bond motifs is 1. The van der Waals surface area contributed by atoms with E-state index in [0.717, 1.165) is 29.0 Å². The molecule has 21 heavy (non-hydrogen) atoms. The molecule has 1 aromatic carbocycles. The van der Waals surface area contributed by atoms with E-state index >= 15 is 0 Å². The van der Waals surface area contributed by atoms with Crippen LogP contribution in [-0.2, 0) is 13.1 Å². The Labute approximate surface area is 131 Å². The molecule has 3 aromatic rings. The number of benzene rings is 1. The summed E-state index contributed by atoms with van der Waals surface area (Å²) in [7, 11) is 2.08. The molecule has 0 radical (unpaired) electrons. The normalized spacial score (nSPS) is 11.4. The van der Waals surface area contributed by atoms with Crippen LogP contribution in [0.2, 0.25) is 0 Å². The number of aromatic nitrogens is 2. The summed E-state index contributed by atoms with van der Waals surface area (Å²) in [5.41, 5.74) is 4.32. The summed E-state index contributed by atoms with van der Waals surface area (Å²) in [6, 6.07) is 8.18. The zero-order valence-electron chi connectivity index (χ0n) is 11.9. The summed E-state index contributed by atoms with van der Waals surface area (Å²) in [4.78, 5) is 14.4. The third kappa shape index (κ3) is 3.34. The Kier molecular flexibility index (Phi) is 4.10. The Morgan fingerprint density at radius 1 is 1.14 bits per heavy atom. The summed E-state index contributed by atoms with van der Waals surface area (Å²) >= 11 is 2.76. The van der Waals surface area contributed by atoms with Gasteiger partial charge in [0.25, 0.3) is 0 Å². The van der Waals surface area contributed by atoms with Gasteiger partial charge in [0.05, 0.1) is 16.6 Å². The van der Waals surface area contributed by atoms with Crippen LogP contribution in [0.25, 0.3) is 11.0 Å². The third-order valence-electron chi connectivity index (χ3n) is 3.22. The quantitative estimate of drug-likeness (QED) is 0.675. The molecule has 4 nitrogen and oxygen atoms in total. The molecule has 108 valence electrons. The van der Waals surface area contributed by atoms with Gasteiger partial charge in [0.1, 0.15) is 11.0 Å². The zero-order chi connectivity index (χ0) is 14.8.